The van der Waals surface area contributed by atoms with E-state index in [0.717, 1.165) is 0 Å². The number of aldehydes is 1. The van der Waals surface area contributed by atoms with Crippen molar-refractivity contribution < 1.29 is 19.4 Å². The number of nitrogens with zero attached hydrogens (tertiary/aromatic N) is 1. The van der Waals surface area contributed by atoms with Crippen molar-refractivity contribution in [1.29, 1.82) is 0 Å². The Morgan fingerprint density at radius 1 is 1.53 bits per heavy atom. The molecule has 0 fully saturated rings. The van der Waals surface area contributed by atoms with Crippen LogP contribution in [0.4, 0.5) is 0 Å². The number of aliphatic hydroxyl groups is 1. The summed E-state index contributed by atoms with van der Waals surface area (Å²) in [4.78, 5) is 14.1. The molecule has 0 aromatic carbocycles. The smallest absolute Gasteiger partial charge is 0.168 e. The molecule has 0 saturated carbocycles. The molecule has 0 spiro atoms. The SMILES string of the molecule is COCC(O)COc1ccc(C=O)nc1. The maximum absolute atomic E-state index is 10.3. The highest BCUT2D eigenvalue weighted by molar-refractivity contribution is 5.71. The molecule has 82 valence electrons. The Morgan fingerprint density at radius 2 is 2.33 bits per heavy atom. The molecule has 0 amide bonds. The van der Waals surface area contributed by atoms with Gasteiger partial charge in [0.1, 0.15) is 24.2 Å². The minimum absolute atomic E-state index is 0.135. The van der Waals surface area contributed by atoms with Crippen LogP contribution in [0.3, 0.4) is 0 Å². The number of hydrogen-bond acceptors (Lipinski definition) is 5. The van der Waals surface area contributed by atoms with E-state index in [1.165, 1.54) is 13.3 Å². The normalized spacial score (nSPS) is 12.1. The molecule has 0 aliphatic heterocycles. The van der Waals surface area contributed by atoms with Gasteiger partial charge in [-0.1, -0.05) is 0 Å². The van der Waals surface area contributed by atoms with Crippen LogP contribution in [0.2, 0.25) is 0 Å². The molecule has 0 bridgehead atoms. The molecule has 5 heteroatoms. The molecule has 1 aromatic rings. The number of rotatable bonds is 6. The van der Waals surface area contributed by atoms with Crippen LogP contribution in [0.15, 0.2) is 18.3 Å². The first-order valence-corrected chi connectivity index (χ1v) is 4.47. The second kappa shape index (κ2) is 6.10. The van der Waals surface area contributed by atoms with Gasteiger partial charge in [0, 0.05) is 7.11 Å². The van der Waals surface area contributed by atoms with Gasteiger partial charge in [0.15, 0.2) is 6.29 Å². The van der Waals surface area contributed by atoms with E-state index < -0.39 is 6.10 Å². The Bertz CT molecular complexity index is 299. The second-order valence-corrected chi connectivity index (χ2v) is 2.96. The van der Waals surface area contributed by atoms with Crippen molar-refractivity contribution in [3.05, 3.63) is 24.0 Å². The summed E-state index contributed by atoms with van der Waals surface area (Å²) in [5.41, 5.74) is 0.347. The van der Waals surface area contributed by atoms with Gasteiger partial charge in [0.2, 0.25) is 0 Å². The number of hydrogen-bond donors (Lipinski definition) is 1. The summed E-state index contributed by atoms with van der Waals surface area (Å²) in [6, 6.07) is 3.17. The topological polar surface area (TPSA) is 68.7 Å². The Morgan fingerprint density at radius 3 is 2.87 bits per heavy atom. The van der Waals surface area contributed by atoms with Crippen LogP contribution < -0.4 is 4.74 Å². The number of ether oxygens (including phenoxy) is 2. The van der Waals surface area contributed by atoms with E-state index in [4.69, 9.17) is 9.47 Å². The predicted octanol–water partition coefficient (Wildman–Crippen LogP) is 0.280. The minimum atomic E-state index is -0.666. The van der Waals surface area contributed by atoms with Gasteiger partial charge in [-0.05, 0) is 12.1 Å². The Balaban J connectivity index is 2.40. The van der Waals surface area contributed by atoms with Crippen molar-refractivity contribution in [2.75, 3.05) is 20.3 Å². The van der Waals surface area contributed by atoms with Gasteiger partial charge in [-0.3, -0.25) is 4.79 Å². The van der Waals surface area contributed by atoms with Crippen molar-refractivity contribution in [3.63, 3.8) is 0 Å². The molecule has 0 radical (unpaired) electrons. The van der Waals surface area contributed by atoms with E-state index >= 15 is 0 Å². The molecule has 15 heavy (non-hydrogen) atoms. The molecule has 1 atom stereocenters. The largest absolute Gasteiger partial charge is 0.489 e. The third-order valence-corrected chi connectivity index (χ3v) is 1.68. The quantitative estimate of drug-likeness (QED) is 0.684. The highest BCUT2D eigenvalue weighted by Gasteiger charge is 2.04. The van der Waals surface area contributed by atoms with E-state index in [-0.39, 0.29) is 13.2 Å². The maximum atomic E-state index is 10.3. The molecular weight excluding hydrogens is 198 g/mol. The molecular formula is C10H13NO4. The summed E-state index contributed by atoms with van der Waals surface area (Å²) < 4.78 is 9.95. The molecule has 0 aliphatic carbocycles. The van der Waals surface area contributed by atoms with Crippen molar-refractivity contribution >= 4 is 6.29 Å². The van der Waals surface area contributed by atoms with Crippen LogP contribution in [-0.4, -0.2) is 42.8 Å². The van der Waals surface area contributed by atoms with Crippen LogP contribution in [0.5, 0.6) is 5.75 Å². The number of aromatic nitrogens is 1. The number of methoxy groups -OCH3 is 1. The number of carbonyl (C=O) groups excluding carboxylic acids is 1. The first kappa shape index (κ1) is 11.6. The zero-order valence-corrected chi connectivity index (χ0v) is 8.42. The number of pyridine rings is 1. The molecule has 0 aliphatic rings. The van der Waals surface area contributed by atoms with Crippen LogP contribution >= 0.6 is 0 Å². The third kappa shape index (κ3) is 4.05. The lowest BCUT2D eigenvalue weighted by Gasteiger charge is -2.10. The lowest BCUT2D eigenvalue weighted by Crippen LogP contribution is -2.22. The summed E-state index contributed by atoms with van der Waals surface area (Å²) in [6.07, 6.45) is 1.42. The molecule has 5 nitrogen and oxygen atoms in total. The molecule has 1 rings (SSSR count). The van der Waals surface area contributed by atoms with Crippen LogP contribution in [0, 0.1) is 0 Å². The average Bonchev–Trinajstić information content (AvgIpc) is 2.27. The summed E-state index contributed by atoms with van der Waals surface area (Å²) >= 11 is 0. The van der Waals surface area contributed by atoms with Crippen LogP contribution in [0.25, 0.3) is 0 Å². The van der Waals surface area contributed by atoms with E-state index in [1.807, 2.05) is 0 Å². The van der Waals surface area contributed by atoms with Gasteiger partial charge < -0.3 is 14.6 Å². The maximum Gasteiger partial charge on any atom is 0.168 e. The first-order chi connectivity index (χ1) is 7.26. The van der Waals surface area contributed by atoms with Gasteiger partial charge in [0.25, 0.3) is 0 Å². The highest BCUT2D eigenvalue weighted by atomic mass is 16.5. The summed E-state index contributed by atoms with van der Waals surface area (Å²) in [6.45, 7) is 0.357. The summed E-state index contributed by atoms with van der Waals surface area (Å²) in [5, 5.41) is 9.28. The van der Waals surface area contributed by atoms with Crippen LogP contribution in [-0.2, 0) is 4.74 Å². The summed E-state index contributed by atoms with van der Waals surface area (Å²) in [5.74, 6) is 0.510. The first-order valence-electron chi connectivity index (χ1n) is 4.47. The minimum Gasteiger partial charge on any atom is -0.489 e. The van der Waals surface area contributed by atoms with Crippen molar-refractivity contribution in [3.8, 4) is 5.75 Å². The third-order valence-electron chi connectivity index (χ3n) is 1.68. The molecule has 1 unspecified atom stereocenters. The molecule has 1 N–H and O–H groups in total. The fraction of sp³-hybridized carbons (Fsp3) is 0.400. The van der Waals surface area contributed by atoms with Gasteiger partial charge in [-0.15, -0.1) is 0 Å². The average molecular weight is 211 g/mol. The Kier molecular flexibility index (Phi) is 4.73. The number of aliphatic hydroxyl groups excluding tert-OH is 1. The monoisotopic (exact) mass is 211 g/mol. The van der Waals surface area contributed by atoms with Crippen molar-refractivity contribution in [1.82, 2.24) is 4.98 Å². The molecule has 1 aromatic heterocycles. The number of carbonyl (C=O) groups is 1. The predicted molar refractivity (Wildman–Crippen MR) is 53.0 cm³/mol. The van der Waals surface area contributed by atoms with Gasteiger partial charge in [-0.2, -0.15) is 0 Å². The van der Waals surface area contributed by atoms with E-state index in [0.29, 0.717) is 17.7 Å². The Labute approximate surface area is 87.7 Å². The van der Waals surface area contributed by atoms with E-state index in [9.17, 15) is 9.90 Å². The van der Waals surface area contributed by atoms with Crippen molar-refractivity contribution in [2.45, 2.75) is 6.10 Å². The van der Waals surface area contributed by atoms with Gasteiger partial charge >= 0.3 is 0 Å². The standard InChI is InChI=1S/C10H13NO4/c1-14-6-9(13)7-15-10-3-2-8(5-12)11-4-10/h2-5,9,13H,6-7H2,1H3. The molecule has 0 saturated heterocycles. The van der Waals surface area contributed by atoms with Crippen molar-refractivity contribution in [2.24, 2.45) is 0 Å². The molecule has 1 heterocycles. The zero-order valence-electron chi connectivity index (χ0n) is 8.42. The van der Waals surface area contributed by atoms with Gasteiger partial charge in [-0.25, -0.2) is 4.98 Å². The highest BCUT2D eigenvalue weighted by Crippen LogP contribution is 2.08. The van der Waals surface area contributed by atoms with E-state index in [2.05, 4.69) is 4.98 Å². The van der Waals surface area contributed by atoms with E-state index in [1.54, 1.807) is 12.1 Å². The Hall–Kier alpha value is -1.46. The van der Waals surface area contributed by atoms with Gasteiger partial charge in [0.05, 0.1) is 12.8 Å². The second-order valence-electron chi connectivity index (χ2n) is 2.96. The lowest BCUT2D eigenvalue weighted by atomic mass is 10.3. The fourth-order valence-electron chi connectivity index (χ4n) is 0.980. The fourth-order valence-corrected chi connectivity index (χ4v) is 0.980. The van der Waals surface area contributed by atoms with Crippen LogP contribution in [0.1, 0.15) is 10.5 Å². The summed E-state index contributed by atoms with van der Waals surface area (Å²) in [7, 11) is 1.50. The lowest BCUT2D eigenvalue weighted by molar-refractivity contribution is 0.0324. The zero-order chi connectivity index (χ0) is 11.1.